The molecule has 176 valence electrons. The third-order valence-corrected chi connectivity index (χ3v) is 5.46. The van der Waals surface area contributed by atoms with Crippen LogP contribution in [0.25, 0.3) is 0 Å². The highest BCUT2D eigenvalue weighted by molar-refractivity contribution is 5.54. The van der Waals surface area contributed by atoms with Crippen LogP contribution in [0.2, 0.25) is 0 Å². The standard InChI is InChI=1S/C23H30O9/c1-28-15-8-6-13(7-9-15)4-5-14-10-16(29-2)22(30-3)17(11-14)31-23-21(27)20(26)19(25)18(12-24)32-23/h6-11,18-21,23-27H,4-5,12H2,1-3H3/t18-,19-,20+,21-,23-/m1/s1. The smallest absolute Gasteiger partial charge is 0.229 e. The zero-order chi connectivity index (χ0) is 23.3. The molecule has 0 aromatic heterocycles. The summed E-state index contributed by atoms with van der Waals surface area (Å²) < 4.78 is 27.3. The summed E-state index contributed by atoms with van der Waals surface area (Å²) in [6, 6.07) is 11.4. The van der Waals surface area contributed by atoms with Crippen LogP contribution >= 0.6 is 0 Å². The maximum atomic E-state index is 10.3. The Morgan fingerprint density at radius 1 is 0.781 bits per heavy atom. The summed E-state index contributed by atoms with van der Waals surface area (Å²) in [5.41, 5.74) is 2.01. The van der Waals surface area contributed by atoms with Gasteiger partial charge in [-0.05, 0) is 48.2 Å². The molecule has 0 aliphatic carbocycles. The molecule has 5 atom stereocenters. The Morgan fingerprint density at radius 2 is 1.44 bits per heavy atom. The van der Waals surface area contributed by atoms with E-state index in [0.717, 1.165) is 23.3 Å². The molecule has 1 fully saturated rings. The SMILES string of the molecule is COc1ccc(CCc2cc(OC)c(OC)c(O[C@@H]3O[C@H](CO)[C@@H](O)[C@H](O)[C@H]3O)c2)cc1. The monoisotopic (exact) mass is 450 g/mol. The molecule has 4 N–H and O–H groups in total. The minimum absolute atomic E-state index is 0.237. The lowest BCUT2D eigenvalue weighted by Gasteiger charge is -2.39. The summed E-state index contributed by atoms with van der Waals surface area (Å²) in [5, 5.41) is 39.7. The van der Waals surface area contributed by atoms with E-state index >= 15 is 0 Å². The van der Waals surface area contributed by atoms with E-state index in [-0.39, 0.29) is 11.5 Å². The topological polar surface area (TPSA) is 127 Å². The van der Waals surface area contributed by atoms with Gasteiger partial charge in [-0.25, -0.2) is 0 Å². The van der Waals surface area contributed by atoms with Gasteiger partial charge in [0.2, 0.25) is 12.0 Å². The van der Waals surface area contributed by atoms with Gasteiger partial charge in [0.25, 0.3) is 0 Å². The first-order chi connectivity index (χ1) is 15.4. The lowest BCUT2D eigenvalue weighted by atomic mass is 9.99. The average Bonchev–Trinajstić information content (AvgIpc) is 2.82. The van der Waals surface area contributed by atoms with Gasteiger partial charge in [-0.2, -0.15) is 0 Å². The molecular weight excluding hydrogens is 420 g/mol. The highest BCUT2D eigenvalue weighted by atomic mass is 16.7. The Bertz CT molecular complexity index is 869. The number of ether oxygens (including phenoxy) is 5. The van der Waals surface area contributed by atoms with Crippen LogP contribution in [0.15, 0.2) is 36.4 Å². The van der Waals surface area contributed by atoms with Crippen LogP contribution in [0.1, 0.15) is 11.1 Å². The number of aryl methyl sites for hydroxylation is 2. The van der Waals surface area contributed by atoms with Gasteiger partial charge in [0, 0.05) is 0 Å². The van der Waals surface area contributed by atoms with Crippen molar-refractivity contribution in [3.63, 3.8) is 0 Å². The van der Waals surface area contributed by atoms with Crippen molar-refractivity contribution in [1.29, 1.82) is 0 Å². The predicted molar refractivity (Wildman–Crippen MR) is 114 cm³/mol. The van der Waals surface area contributed by atoms with E-state index in [1.807, 2.05) is 30.3 Å². The average molecular weight is 450 g/mol. The number of hydrogen-bond donors (Lipinski definition) is 4. The van der Waals surface area contributed by atoms with Crippen LogP contribution in [-0.2, 0) is 17.6 Å². The molecule has 1 heterocycles. The summed E-state index contributed by atoms with van der Waals surface area (Å²) in [5.74, 6) is 1.74. The van der Waals surface area contributed by atoms with E-state index in [9.17, 15) is 20.4 Å². The lowest BCUT2D eigenvalue weighted by Crippen LogP contribution is -2.60. The minimum atomic E-state index is -1.54. The quantitative estimate of drug-likeness (QED) is 0.436. The molecule has 2 aromatic carbocycles. The van der Waals surface area contributed by atoms with Crippen molar-refractivity contribution in [2.24, 2.45) is 0 Å². The minimum Gasteiger partial charge on any atom is -0.497 e. The second kappa shape index (κ2) is 10.8. The number of aliphatic hydroxyl groups is 4. The fourth-order valence-corrected chi connectivity index (χ4v) is 3.59. The first-order valence-electron chi connectivity index (χ1n) is 10.3. The molecule has 1 saturated heterocycles. The predicted octanol–water partition coefficient (Wildman–Crippen LogP) is 0.676. The van der Waals surface area contributed by atoms with Crippen LogP contribution in [0.4, 0.5) is 0 Å². The molecule has 9 heteroatoms. The van der Waals surface area contributed by atoms with E-state index in [2.05, 4.69) is 0 Å². The molecule has 3 rings (SSSR count). The van der Waals surface area contributed by atoms with Crippen molar-refractivity contribution >= 4 is 0 Å². The Hall–Kier alpha value is -2.56. The fraction of sp³-hybridized carbons (Fsp3) is 0.478. The van der Waals surface area contributed by atoms with Gasteiger partial charge in [0.15, 0.2) is 11.5 Å². The third kappa shape index (κ3) is 5.25. The second-order valence-electron chi connectivity index (χ2n) is 7.49. The van der Waals surface area contributed by atoms with Gasteiger partial charge in [-0.3, -0.25) is 0 Å². The summed E-state index contributed by atoms with van der Waals surface area (Å²) in [7, 11) is 4.58. The van der Waals surface area contributed by atoms with Gasteiger partial charge < -0.3 is 44.1 Å². The van der Waals surface area contributed by atoms with E-state index in [0.29, 0.717) is 12.2 Å². The highest BCUT2D eigenvalue weighted by Gasteiger charge is 2.45. The summed E-state index contributed by atoms with van der Waals surface area (Å²) in [6.45, 7) is -0.548. The van der Waals surface area contributed by atoms with Gasteiger partial charge >= 0.3 is 0 Å². The van der Waals surface area contributed by atoms with Crippen LogP contribution in [0.5, 0.6) is 23.0 Å². The molecule has 1 aliphatic rings. The van der Waals surface area contributed by atoms with Gasteiger partial charge in [0.1, 0.15) is 30.2 Å². The second-order valence-corrected chi connectivity index (χ2v) is 7.49. The number of rotatable bonds is 9. The van der Waals surface area contributed by atoms with Crippen molar-refractivity contribution in [3.8, 4) is 23.0 Å². The number of aliphatic hydroxyl groups excluding tert-OH is 4. The molecule has 0 spiro atoms. The maximum absolute atomic E-state index is 10.3. The van der Waals surface area contributed by atoms with E-state index in [1.54, 1.807) is 13.2 Å². The van der Waals surface area contributed by atoms with Crippen LogP contribution in [0, 0.1) is 0 Å². The van der Waals surface area contributed by atoms with Crippen molar-refractivity contribution in [1.82, 2.24) is 0 Å². The van der Waals surface area contributed by atoms with Gasteiger partial charge in [-0.1, -0.05) is 12.1 Å². The molecule has 0 radical (unpaired) electrons. The van der Waals surface area contributed by atoms with Gasteiger partial charge in [-0.15, -0.1) is 0 Å². The molecule has 2 aromatic rings. The van der Waals surface area contributed by atoms with Crippen molar-refractivity contribution < 1.29 is 44.1 Å². The number of hydrogen-bond acceptors (Lipinski definition) is 9. The molecule has 0 bridgehead atoms. The van der Waals surface area contributed by atoms with E-state index in [4.69, 9.17) is 23.7 Å². The van der Waals surface area contributed by atoms with Crippen LogP contribution in [0.3, 0.4) is 0 Å². The summed E-state index contributed by atoms with van der Waals surface area (Å²) in [4.78, 5) is 0. The maximum Gasteiger partial charge on any atom is 0.229 e. The first kappa shape index (κ1) is 24.1. The van der Waals surface area contributed by atoms with Crippen LogP contribution in [-0.4, -0.2) is 79.1 Å². The van der Waals surface area contributed by atoms with Crippen LogP contribution < -0.4 is 18.9 Å². The molecule has 0 saturated carbocycles. The number of benzene rings is 2. The zero-order valence-corrected chi connectivity index (χ0v) is 18.3. The van der Waals surface area contributed by atoms with E-state index < -0.39 is 37.3 Å². The summed E-state index contributed by atoms with van der Waals surface area (Å²) >= 11 is 0. The third-order valence-electron chi connectivity index (χ3n) is 5.46. The van der Waals surface area contributed by atoms with E-state index in [1.165, 1.54) is 14.2 Å². The molecule has 32 heavy (non-hydrogen) atoms. The largest absolute Gasteiger partial charge is 0.497 e. The normalized spacial score (nSPS) is 25.3. The molecule has 9 nitrogen and oxygen atoms in total. The molecule has 1 aliphatic heterocycles. The highest BCUT2D eigenvalue weighted by Crippen LogP contribution is 2.40. The van der Waals surface area contributed by atoms with Crippen molar-refractivity contribution in [3.05, 3.63) is 47.5 Å². The molecule has 0 unspecified atom stereocenters. The molecule has 0 amide bonds. The Kier molecular flexibility index (Phi) is 8.16. The van der Waals surface area contributed by atoms with Crippen molar-refractivity contribution in [2.75, 3.05) is 27.9 Å². The Morgan fingerprint density at radius 3 is 2.03 bits per heavy atom. The molecular formula is C23H30O9. The Balaban J connectivity index is 1.82. The summed E-state index contributed by atoms with van der Waals surface area (Å²) in [6.07, 6.45) is -5.55. The van der Waals surface area contributed by atoms with Gasteiger partial charge in [0.05, 0.1) is 27.9 Å². The lowest BCUT2D eigenvalue weighted by molar-refractivity contribution is -0.277. The van der Waals surface area contributed by atoms with Crippen molar-refractivity contribution in [2.45, 2.75) is 43.5 Å². The fourth-order valence-electron chi connectivity index (χ4n) is 3.59. The number of methoxy groups -OCH3 is 3. The zero-order valence-electron chi connectivity index (χ0n) is 18.3. The Labute approximate surface area is 186 Å². The first-order valence-corrected chi connectivity index (χ1v) is 10.3.